The Balaban J connectivity index is 1.88. The number of nitrogens with zero attached hydrogens (tertiary/aromatic N) is 3. The van der Waals surface area contributed by atoms with Crippen LogP contribution in [0.15, 0.2) is 24.3 Å². The van der Waals surface area contributed by atoms with E-state index < -0.39 is 0 Å². The molecule has 1 aliphatic rings. The summed E-state index contributed by atoms with van der Waals surface area (Å²) in [5.74, 6) is 1.35. The number of anilines is 1. The number of aryl methyl sites for hydroxylation is 1. The highest BCUT2D eigenvalue weighted by molar-refractivity contribution is 5.23. The van der Waals surface area contributed by atoms with Crippen molar-refractivity contribution in [3.63, 3.8) is 0 Å². The Kier molecular flexibility index (Phi) is 2.31. The van der Waals surface area contributed by atoms with Crippen molar-refractivity contribution in [1.29, 1.82) is 0 Å². The van der Waals surface area contributed by atoms with Crippen molar-refractivity contribution >= 4 is 5.95 Å². The van der Waals surface area contributed by atoms with E-state index in [-0.39, 0.29) is 5.82 Å². The molecule has 88 valence electrons. The van der Waals surface area contributed by atoms with Crippen molar-refractivity contribution in [2.45, 2.75) is 25.3 Å². The number of nitrogen functional groups attached to an aromatic ring is 1. The molecule has 17 heavy (non-hydrogen) atoms. The molecule has 0 aliphatic carbocycles. The number of rotatable bonds is 1. The predicted molar refractivity (Wildman–Crippen MR) is 61.9 cm³/mol. The summed E-state index contributed by atoms with van der Waals surface area (Å²) in [7, 11) is 0. The molecule has 2 N–H and O–H groups in total. The minimum absolute atomic E-state index is 0.189. The molecule has 3 rings (SSSR count). The minimum Gasteiger partial charge on any atom is -0.366 e. The summed E-state index contributed by atoms with van der Waals surface area (Å²) < 4.78 is 15.0. The monoisotopic (exact) mass is 232 g/mol. The van der Waals surface area contributed by atoms with Crippen molar-refractivity contribution < 1.29 is 4.39 Å². The lowest BCUT2D eigenvalue weighted by Crippen LogP contribution is -2.20. The number of hydrogen-bond acceptors (Lipinski definition) is 3. The zero-order valence-electron chi connectivity index (χ0n) is 9.31. The maximum atomic E-state index is 13.2. The average Bonchev–Trinajstić information content (AvgIpc) is 2.68. The standard InChI is InChI=1S/C12H13FN4/c13-10-3-1-2-8(6-10)9-4-5-11-15-12(14)16-17(11)7-9/h1-3,6,9H,4-5,7H2,(H2,14,16). The smallest absolute Gasteiger partial charge is 0.239 e. The van der Waals surface area contributed by atoms with E-state index in [9.17, 15) is 4.39 Å². The third-order valence-corrected chi connectivity index (χ3v) is 3.19. The number of benzene rings is 1. The molecule has 0 radical (unpaired) electrons. The molecule has 2 aromatic rings. The van der Waals surface area contributed by atoms with Gasteiger partial charge in [0.2, 0.25) is 5.95 Å². The zero-order chi connectivity index (χ0) is 11.8. The first kappa shape index (κ1) is 10.3. The van der Waals surface area contributed by atoms with Gasteiger partial charge in [0.25, 0.3) is 0 Å². The van der Waals surface area contributed by atoms with Crippen molar-refractivity contribution in [3.8, 4) is 0 Å². The van der Waals surface area contributed by atoms with E-state index in [1.54, 1.807) is 12.1 Å². The quantitative estimate of drug-likeness (QED) is 0.814. The van der Waals surface area contributed by atoms with Crippen LogP contribution in [-0.4, -0.2) is 14.8 Å². The maximum Gasteiger partial charge on any atom is 0.239 e. The first-order chi connectivity index (χ1) is 8.22. The lowest BCUT2D eigenvalue weighted by molar-refractivity contribution is 0.422. The van der Waals surface area contributed by atoms with Crippen molar-refractivity contribution in [2.24, 2.45) is 0 Å². The van der Waals surface area contributed by atoms with E-state index in [0.717, 1.165) is 30.8 Å². The Morgan fingerprint density at radius 1 is 1.41 bits per heavy atom. The average molecular weight is 232 g/mol. The molecule has 0 bridgehead atoms. The molecular formula is C12H13FN4. The van der Waals surface area contributed by atoms with E-state index >= 15 is 0 Å². The molecule has 0 spiro atoms. The first-order valence-electron chi connectivity index (χ1n) is 5.67. The fraction of sp³-hybridized carbons (Fsp3) is 0.333. The summed E-state index contributed by atoms with van der Waals surface area (Å²) in [6, 6.07) is 6.76. The summed E-state index contributed by atoms with van der Waals surface area (Å²) in [5, 5.41) is 4.14. The fourth-order valence-electron chi connectivity index (χ4n) is 2.36. The van der Waals surface area contributed by atoms with Crippen LogP contribution in [0.4, 0.5) is 10.3 Å². The number of halogens is 1. The van der Waals surface area contributed by atoms with Gasteiger partial charge in [-0.1, -0.05) is 12.1 Å². The minimum atomic E-state index is -0.189. The number of fused-ring (bicyclic) bond motifs is 1. The molecule has 4 nitrogen and oxygen atoms in total. The molecule has 2 heterocycles. The topological polar surface area (TPSA) is 56.7 Å². The second kappa shape index (κ2) is 3.84. The molecule has 0 saturated heterocycles. The summed E-state index contributed by atoms with van der Waals surface area (Å²) in [6.45, 7) is 0.725. The number of nitrogens with two attached hydrogens (primary N) is 1. The van der Waals surface area contributed by atoms with Gasteiger partial charge in [0.15, 0.2) is 0 Å². The molecular weight excluding hydrogens is 219 g/mol. The van der Waals surface area contributed by atoms with Crippen LogP contribution in [0.1, 0.15) is 23.7 Å². The number of aromatic nitrogens is 3. The lowest BCUT2D eigenvalue weighted by Gasteiger charge is -2.22. The van der Waals surface area contributed by atoms with E-state index in [0.29, 0.717) is 11.9 Å². The van der Waals surface area contributed by atoms with Gasteiger partial charge in [0.05, 0.1) is 0 Å². The van der Waals surface area contributed by atoms with Gasteiger partial charge in [-0.25, -0.2) is 9.07 Å². The zero-order valence-corrected chi connectivity index (χ0v) is 9.31. The van der Waals surface area contributed by atoms with Crippen molar-refractivity contribution in [3.05, 3.63) is 41.5 Å². The van der Waals surface area contributed by atoms with E-state index in [1.165, 1.54) is 6.07 Å². The lowest BCUT2D eigenvalue weighted by atomic mass is 9.92. The Morgan fingerprint density at radius 2 is 2.29 bits per heavy atom. The van der Waals surface area contributed by atoms with E-state index in [4.69, 9.17) is 5.73 Å². The second-order valence-corrected chi connectivity index (χ2v) is 4.36. The van der Waals surface area contributed by atoms with Gasteiger partial charge in [-0.2, -0.15) is 4.98 Å². The predicted octanol–water partition coefficient (Wildman–Crippen LogP) is 1.73. The molecule has 0 saturated carbocycles. The van der Waals surface area contributed by atoms with Gasteiger partial charge in [0.1, 0.15) is 11.6 Å². The Labute approximate surface area is 98.3 Å². The second-order valence-electron chi connectivity index (χ2n) is 4.36. The molecule has 0 amide bonds. The SMILES string of the molecule is Nc1nc2n(n1)CC(c1cccc(F)c1)CC2. The van der Waals surface area contributed by atoms with Crippen LogP contribution >= 0.6 is 0 Å². The van der Waals surface area contributed by atoms with Gasteiger partial charge in [-0.15, -0.1) is 5.10 Å². The van der Waals surface area contributed by atoms with Gasteiger partial charge in [-0.3, -0.25) is 0 Å². The molecule has 1 aliphatic heterocycles. The van der Waals surface area contributed by atoms with Gasteiger partial charge in [0, 0.05) is 18.9 Å². The summed E-state index contributed by atoms with van der Waals surface area (Å²) in [5.41, 5.74) is 6.58. The summed E-state index contributed by atoms with van der Waals surface area (Å²) >= 11 is 0. The largest absolute Gasteiger partial charge is 0.366 e. The van der Waals surface area contributed by atoms with E-state index in [2.05, 4.69) is 10.1 Å². The first-order valence-corrected chi connectivity index (χ1v) is 5.67. The van der Waals surface area contributed by atoms with Crippen LogP contribution in [0.25, 0.3) is 0 Å². The highest BCUT2D eigenvalue weighted by Crippen LogP contribution is 2.28. The molecule has 5 heteroatoms. The van der Waals surface area contributed by atoms with Gasteiger partial charge >= 0.3 is 0 Å². The third-order valence-electron chi connectivity index (χ3n) is 3.19. The Bertz CT molecular complexity index is 549. The molecule has 1 atom stereocenters. The van der Waals surface area contributed by atoms with Crippen LogP contribution in [-0.2, 0) is 13.0 Å². The van der Waals surface area contributed by atoms with Crippen molar-refractivity contribution in [1.82, 2.24) is 14.8 Å². The molecule has 1 unspecified atom stereocenters. The van der Waals surface area contributed by atoms with E-state index in [1.807, 2.05) is 10.7 Å². The molecule has 1 aromatic carbocycles. The molecule has 0 fully saturated rings. The third kappa shape index (κ3) is 1.88. The fourth-order valence-corrected chi connectivity index (χ4v) is 2.36. The highest BCUT2D eigenvalue weighted by atomic mass is 19.1. The normalized spacial score (nSPS) is 19.0. The van der Waals surface area contributed by atoms with Gasteiger partial charge < -0.3 is 5.73 Å². The van der Waals surface area contributed by atoms with Crippen LogP contribution in [0, 0.1) is 5.82 Å². The Hall–Kier alpha value is -1.91. The number of hydrogen-bond donors (Lipinski definition) is 1. The summed E-state index contributed by atoms with van der Waals surface area (Å²) in [6.07, 6.45) is 1.80. The maximum absolute atomic E-state index is 13.2. The van der Waals surface area contributed by atoms with Crippen LogP contribution in [0.3, 0.4) is 0 Å². The van der Waals surface area contributed by atoms with Crippen LogP contribution in [0.2, 0.25) is 0 Å². The van der Waals surface area contributed by atoms with Crippen LogP contribution in [0.5, 0.6) is 0 Å². The highest BCUT2D eigenvalue weighted by Gasteiger charge is 2.22. The Morgan fingerprint density at radius 3 is 3.12 bits per heavy atom. The summed E-state index contributed by atoms with van der Waals surface area (Å²) in [4.78, 5) is 4.15. The molecule has 1 aromatic heterocycles. The van der Waals surface area contributed by atoms with Crippen LogP contribution < -0.4 is 5.73 Å². The van der Waals surface area contributed by atoms with Gasteiger partial charge in [-0.05, 0) is 24.1 Å². The van der Waals surface area contributed by atoms with Crippen molar-refractivity contribution in [2.75, 3.05) is 5.73 Å².